The standard InChI is InChI=1S/C18H32O3/c1-2-14-17(19)15-12-10-8-6-4-3-5-7-9-11-13-16-18(20)21/h8,10,12,15,17,19H,2-7,9,11,13-14,16H2,1H3,(H,20,21)/b10-8+,15-12-/t17-/m1/s1. The largest absolute Gasteiger partial charge is 0.481 e. The van der Waals surface area contributed by atoms with Gasteiger partial charge in [-0.3, -0.25) is 4.79 Å². The van der Waals surface area contributed by atoms with E-state index in [0.717, 1.165) is 38.5 Å². The Morgan fingerprint density at radius 1 is 1.00 bits per heavy atom. The molecule has 0 radical (unpaired) electrons. The first-order valence-electron chi connectivity index (χ1n) is 8.40. The third-order valence-corrected chi connectivity index (χ3v) is 3.43. The summed E-state index contributed by atoms with van der Waals surface area (Å²) in [5.74, 6) is -0.682. The van der Waals surface area contributed by atoms with E-state index >= 15 is 0 Å². The summed E-state index contributed by atoms with van der Waals surface area (Å²) in [5, 5.41) is 18.0. The molecule has 3 heteroatoms. The summed E-state index contributed by atoms with van der Waals surface area (Å²) < 4.78 is 0. The van der Waals surface area contributed by atoms with Crippen LogP contribution in [-0.4, -0.2) is 22.3 Å². The number of aliphatic hydroxyl groups is 1. The molecule has 2 N–H and O–H groups in total. The van der Waals surface area contributed by atoms with Crippen LogP contribution in [-0.2, 0) is 4.79 Å². The number of unbranched alkanes of at least 4 members (excludes halogenated alkanes) is 7. The molecule has 0 unspecified atom stereocenters. The molecular weight excluding hydrogens is 264 g/mol. The second-order valence-electron chi connectivity index (χ2n) is 5.58. The van der Waals surface area contributed by atoms with Crippen LogP contribution in [0, 0.1) is 0 Å². The van der Waals surface area contributed by atoms with Crippen molar-refractivity contribution in [3.05, 3.63) is 24.3 Å². The zero-order valence-corrected chi connectivity index (χ0v) is 13.5. The van der Waals surface area contributed by atoms with Gasteiger partial charge in [0, 0.05) is 6.42 Å². The molecule has 122 valence electrons. The first-order valence-corrected chi connectivity index (χ1v) is 8.40. The quantitative estimate of drug-likeness (QED) is 0.355. The van der Waals surface area contributed by atoms with Gasteiger partial charge < -0.3 is 10.2 Å². The van der Waals surface area contributed by atoms with Crippen molar-refractivity contribution in [3.63, 3.8) is 0 Å². The van der Waals surface area contributed by atoms with Crippen LogP contribution in [0.1, 0.15) is 77.6 Å². The molecule has 0 aliphatic heterocycles. The maximum atomic E-state index is 10.3. The minimum Gasteiger partial charge on any atom is -0.481 e. The normalized spacial score (nSPS) is 13.2. The van der Waals surface area contributed by atoms with E-state index < -0.39 is 5.97 Å². The minimum atomic E-state index is -0.682. The highest BCUT2D eigenvalue weighted by atomic mass is 16.4. The van der Waals surface area contributed by atoms with Gasteiger partial charge in [0.1, 0.15) is 0 Å². The summed E-state index contributed by atoms with van der Waals surface area (Å²) in [5.41, 5.74) is 0. The number of carboxylic acid groups (broad SMARTS) is 1. The van der Waals surface area contributed by atoms with Gasteiger partial charge >= 0.3 is 5.97 Å². The second-order valence-corrected chi connectivity index (χ2v) is 5.58. The number of hydrogen-bond acceptors (Lipinski definition) is 2. The molecule has 0 aromatic carbocycles. The second kappa shape index (κ2) is 15.3. The zero-order chi connectivity index (χ0) is 15.8. The lowest BCUT2D eigenvalue weighted by molar-refractivity contribution is -0.137. The summed E-state index contributed by atoms with van der Waals surface area (Å²) in [6.07, 6.45) is 18.8. The van der Waals surface area contributed by atoms with Gasteiger partial charge in [-0.25, -0.2) is 0 Å². The van der Waals surface area contributed by atoms with E-state index in [4.69, 9.17) is 5.11 Å². The summed E-state index contributed by atoms with van der Waals surface area (Å²) in [6.45, 7) is 2.07. The number of hydrogen-bond donors (Lipinski definition) is 2. The summed E-state index contributed by atoms with van der Waals surface area (Å²) >= 11 is 0. The number of aliphatic carboxylic acids is 1. The third kappa shape index (κ3) is 16.9. The molecule has 21 heavy (non-hydrogen) atoms. The van der Waals surface area contributed by atoms with Crippen molar-refractivity contribution < 1.29 is 15.0 Å². The van der Waals surface area contributed by atoms with Crippen LogP contribution in [0.15, 0.2) is 24.3 Å². The Balaban J connectivity index is 3.26. The lowest BCUT2D eigenvalue weighted by Crippen LogP contribution is -1.99. The van der Waals surface area contributed by atoms with Crippen LogP contribution in [0.4, 0.5) is 0 Å². The van der Waals surface area contributed by atoms with Crippen LogP contribution in [0.5, 0.6) is 0 Å². The molecule has 0 amide bonds. The van der Waals surface area contributed by atoms with Crippen LogP contribution < -0.4 is 0 Å². The smallest absolute Gasteiger partial charge is 0.303 e. The number of rotatable bonds is 14. The number of carbonyl (C=O) groups is 1. The van der Waals surface area contributed by atoms with Gasteiger partial charge in [0.25, 0.3) is 0 Å². The van der Waals surface area contributed by atoms with E-state index in [1.54, 1.807) is 0 Å². The fraction of sp³-hybridized carbons (Fsp3) is 0.722. The Morgan fingerprint density at radius 2 is 1.62 bits per heavy atom. The van der Waals surface area contributed by atoms with Gasteiger partial charge in [0.05, 0.1) is 6.10 Å². The lowest BCUT2D eigenvalue weighted by atomic mass is 10.1. The predicted octanol–water partition coefficient (Wildman–Crippen LogP) is 4.86. The van der Waals surface area contributed by atoms with Gasteiger partial charge in [-0.1, -0.05) is 69.8 Å². The zero-order valence-electron chi connectivity index (χ0n) is 13.5. The molecule has 0 saturated heterocycles. The predicted molar refractivity (Wildman–Crippen MR) is 88.4 cm³/mol. The van der Waals surface area contributed by atoms with Crippen molar-refractivity contribution in [3.8, 4) is 0 Å². The SMILES string of the molecule is CCC[C@@H](O)/C=C\C=C\CCCCCCCCCC(=O)O. The highest BCUT2D eigenvalue weighted by molar-refractivity contribution is 5.66. The van der Waals surface area contributed by atoms with Crippen molar-refractivity contribution >= 4 is 5.97 Å². The fourth-order valence-corrected chi connectivity index (χ4v) is 2.18. The molecule has 0 aliphatic rings. The van der Waals surface area contributed by atoms with Gasteiger partial charge in [-0.2, -0.15) is 0 Å². The molecule has 0 fully saturated rings. The van der Waals surface area contributed by atoms with Crippen molar-refractivity contribution in [1.82, 2.24) is 0 Å². The van der Waals surface area contributed by atoms with Crippen LogP contribution >= 0.6 is 0 Å². The maximum absolute atomic E-state index is 10.3. The van der Waals surface area contributed by atoms with Crippen LogP contribution in [0.25, 0.3) is 0 Å². The van der Waals surface area contributed by atoms with Gasteiger partial charge in [-0.15, -0.1) is 0 Å². The average molecular weight is 296 g/mol. The first kappa shape index (κ1) is 19.9. The molecule has 0 aromatic rings. The molecule has 0 aromatic heterocycles. The van der Waals surface area contributed by atoms with Crippen molar-refractivity contribution in [2.75, 3.05) is 0 Å². The Bertz CT molecular complexity index is 295. The molecule has 3 nitrogen and oxygen atoms in total. The van der Waals surface area contributed by atoms with Gasteiger partial charge in [-0.05, 0) is 25.7 Å². The highest BCUT2D eigenvalue weighted by Gasteiger charge is 1.96. The van der Waals surface area contributed by atoms with E-state index in [9.17, 15) is 9.90 Å². The van der Waals surface area contributed by atoms with E-state index in [-0.39, 0.29) is 6.10 Å². The Kier molecular flexibility index (Phi) is 14.5. The van der Waals surface area contributed by atoms with Crippen molar-refractivity contribution in [2.24, 2.45) is 0 Å². The van der Waals surface area contributed by atoms with E-state index in [2.05, 4.69) is 13.0 Å². The summed E-state index contributed by atoms with van der Waals surface area (Å²) in [7, 11) is 0. The summed E-state index contributed by atoms with van der Waals surface area (Å²) in [4.78, 5) is 10.3. The van der Waals surface area contributed by atoms with Gasteiger partial charge in [0.15, 0.2) is 0 Å². The van der Waals surface area contributed by atoms with E-state index in [1.807, 2.05) is 18.2 Å². The average Bonchev–Trinajstić information content (AvgIpc) is 2.44. The molecule has 0 saturated carbocycles. The minimum absolute atomic E-state index is 0.305. The van der Waals surface area contributed by atoms with Crippen LogP contribution in [0.2, 0.25) is 0 Å². The third-order valence-electron chi connectivity index (χ3n) is 3.43. The van der Waals surface area contributed by atoms with Crippen LogP contribution in [0.3, 0.4) is 0 Å². The maximum Gasteiger partial charge on any atom is 0.303 e. The fourth-order valence-electron chi connectivity index (χ4n) is 2.18. The topological polar surface area (TPSA) is 57.5 Å². The van der Waals surface area contributed by atoms with Gasteiger partial charge in [0.2, 0.25) is 0 Å². The molecular formula is C18H32O3. The lowest BCUT2D eigenvalue weighted by Gasteiger charge is -2.00. The summed E-state index contributed by atoms with van der Waals surface area (Å²) in [6, 6.07) is 0. The van der Waals surface area contributed by atoms with Crippen molar-refractivity contribution in [2.45, 2.75) is 83.7 Å². The van der Waals surface area contributed by atoms with Crippen molar-refractivity contribution in [1.29, 1.82) is 0 Å². The molecule has 0 aliphatic carbocycles. The van der Waals surface area contributed by atoms with E-state index in [1.165, 1.54) is 25.7 Å². The molecule has 1 atom stereocenters. The number of carboxylic acids is 1. The van der Waals surface area contributed by atoms with E-state index in [0.29, 0.717) is 6.42 Å². The molecule has 0 spiro atoms. The first-order chi connectivity index (χ1) is 10.2. The Labute approximate surface area is 129 Å². The molecule has 0 heterocycles. The number of aliphatic hydroxyl groups excluding tert-OH is 1. The molecule has 0 bridgehead atoms. The highest BCUT2D eigenvalue weighted by Crippen LogP contribution is 2.10. The Morgan fingerprint density at radius 3 is 2.24 bits per heavy atom. The number of allylic oxidation sites excluding steroid dienone is 3. The monoisotopic (exact) mass is 296 g/mol. The molecule has 0 rings (SSSR count). The Hall–Kier alpha value is -1.09.